The lowest BCUT2D eigenvalue weighted by Crippen LogP contribution is -2.41. The summed E-state index contributed by atoms with van der Waals surface area (Å²) in [6.07, 6.45) is 0. The fourth-order valence-corrected chi connectivity index (χ4v) is 2.60. The first-order valence-corrected chi connectivity index (χ1v) is 7.48. The Hall–Kier alpha value is -0.545. The third-order valence-electron chi connectivity index (χ3n) is 4.15. The molecule has 1 fully saturated rings. The number of hydrogen-bond acceptors (Lipinski definition) is 2. The van der Waals surface area contributed by atoms with Crippen molar-refractivity contribution in [1.29, 1.82) is 0 Å². The van der Waals surface area contributed by atoms with Crippen molar-refractivity contribution in [1.82, 2.24) is 0 Å². The summed E-state index contributed by atoms with van der Waals surface area (Å²) in [6.45, 7) is 9.17. The second kappa shape index (κ2) is 5.58. The topological polar surface area (TPSA) is 18.5 Å². The summed E-state index contributed by atoms with van der Waals surface area (Å²) in [7, 11) is -1.03. The van der Waals surface area contributed by atoms with Crippen LogP contribution < -0.4 is 0 Å². The van der Waals surface area contributed by atoms with Gasteiger partial charge >= 0.3 is 7.12 Å². The molecule has 1 aromatic rings. The number of benzene rings is 1. The van der Waals surface area contributed by atoms with E-state index in [0.717, 1.165) is 0 Å². The van der Waals surface area contributed by atoms with Gasteiger partial charge in [0.25, 0.3) is 0 Å². The first kappa shape index (κ1) is 16.8. The van der Waals surface area contributed by atoms with E-state index in [2.05, 4.69) is 0 Å². The van der Waals surface area contributed by atoms with Gasteiger partial charge in [0.05, 0.1) is 11.2 Å². The zero-order valence-electron chi connectivity index (χ0n) is 12.8. The van der Waals surface area contributed by atoms with Crippen molar-refractivity contribution < 1.29 is 13.7 Å². The van der Waals surface area contributed by atoms with E-state index in [-0.39, 0.29) is 0 Å². The summed E-state index contributed by atoms with van der Waals surface area (Å²) in [5.41, 5.74) is -0.681. The van der Waals surface area contributed by atoms with Gasteiger partial charge in [-0.15, -0.1) is 0 Å². The Morgan fingerprint density at radius 1 is 1.10 bits per heavy atom. The highest BCUT2D eigenvalue weighted by Gasteiger charge is 2.53. The van der Waals surface area contributed by atoms with Gasteiger partial charge in [-0.1, -0.05) is 29.3 Å². The van der Waals surface area contributed by atoms with Crippen LogP contribution in [0.4, 0.5) is 4.39 Å². The Balaban J connectivity index is 2.36. The molecule has 114 valence electrons. The van der Waals surface area contributed by atoms with Crippen molar-refractivity contribution in [3.63, 3.8) is 0 Å². The molecular formula is C15H18BCl2FO2. The van der Waals surface area contributed by atoms with E-state index in [9.17, 15) is 4.39 Å². The maximum Gasteiger partial charge on any atom is 0.525 e. The molecule has 0 radical (unpaired) electrons. The molecule has 2 rings (SSSR count). The molecule has 21 heavy (non-hydrogen) atoms. The number of halogens is 3. The zero-order chi connectivity index (χ0) is 16.0. The molecule has 1 aliphatic rings. The van der Waals surface area contributed by atoms with Crippen molar-refractivity contribution in [3.8, 4) is 0 Å². The summed E-state index contributed by atoms with van der Waals surface area (Å²) >= 11 is 12.0. The summed E-state index contributed by atoms with van der Waals surface area (Å²) in [5.74, 6) is 0. The summed E-state index contributed by atoms with van der Waals surface area (Å²) in [4.78, 5) is 0. The first-order chi connectivity index (χ1) is 9.55. The Labute approximate surface area is 135 Å². The molecule has 1 heterocycles. The molecule has 0 aliphatic carbocycles. The predicted octanol–water partition coefficient (Wildman–Crippen LogP) is 5.33. The lowest BCUT2D eigenvalue weighted by molar-refractivity contribution is 0.00578. The second-order valence-corrected chi connectivity index (χ2v) is 7.03. The minimum Gasteiger partial charge on any atom is -0.398 e. The Morgan fingerprint density at radius 3 is 2.10 bits per heavy atom. The van der Waals surface area contributed by atoms with Crippen LogP contribution in [-0.4, -0.2) is 18.3 Å². The van der Waals surface area contributed by atoms with Gasteiger partial charge in [0, 0.05) is 10.0 Å². The van der Waals surface area contributed by atoms with Crippen LogP contribution >= 0.6 is 23.2 Å². The van der Waals surface area contributed by atoms with Crippen molar-refractivity contribution in [2.75, 3.05) is 0 Å². The lowest BCUT2D eigenvalue weighted by atomic mass is 9.83. The summed E-state index contributed by atoms with van der Waals surface area (Å²) in [5, 5.41) is 0.902. The van der Waals surface area contributed by atoms with Crippen LogP contribution in [0.25, 0.3) is 5.57 Å². The van der Waals surface area contributed by atoms with Crippen LogP contribution in [0.2, 0.25) is 10.0 Å². The van der Waals surface area contributed by atoms with Crippen LogP contribution in [0, 0.1) is 0 Å². The van der Waals surface area contributed by atoms with Crippen LogP contribution in [0.5, 0.6) is 0 Å². The van der Waals surface area contributed by atoms with E-state index in [1.54, 1.807) is 25.1 Å². The third kappa shape index (κ3) is 3.14. The van der Waals surface area contributed by atoms with E-state index in [1.807, 2.05) is 27.7 Å². The van der Waals surface area contributed by atoms with Gasteiger partial charge in [0.2, 0.25) is 0 Å². The van der Waals surface area contributed by atoms with Crippen LogP contribution in [0.15, 0.2) is 23.9 Å². The highest BCUT2D eigenvalue weighted by molar-refractivity contribution is 6.55. The van der Waals surface area contributed by atoms with Gasteiger partial charge in [0.15, 0.2) is 0 Å². The molecule has 6 heteroatoms. The molecule has 1 saturated heterocycles. The first-order valence-electron chi connectivity index (χ1n) is 6.72. The fraction of sp³-hybridized carbons (Fsp3) is 0.467. The van der Waals surface area contributed by atoms with Crippen molar-refractivity contribution in [2.24, 2.45) is 0 Å². The lowest BCUT2D eigenvalue weighted by Gasteiger charge is -2.32. The Morgan fingerprint density at radius 2 is 1.62 bits per heavy atom. The van der Waals surface area contributed by atoms with Crippen LogP contribution in [0.1, 0.15) is 40.2 Å². The van der Waals surface area contributed by atoms with Crippen molar-refractivity contribution >= 4 is 35.9 Å². The summed E-state index contributed by atoms with van der Waals surface area (Å²) < 4.78 is 26.1. The highest BCUT2D eigenvalue weighted by Crippen LogP contribution is 2.40. The number of hydrogen-bond donors (Lipinski definition) is 0. The monoisotopic (exact) mass is 330 g/mol. The maximum atomic E-state index is 14.7. The van der Waals surface area contributed by atoms with Gasteiger partial charge in [0.1, 0.15) is 5.73 Å². The van der Waals surface area contributed by atoms with E-state index >= 15 is 0 Å². The van der Waals surface area contributed by atoms with Gasteiger partial charge in [-0.2, -0.15) is 0 Å². The minimum atomic E-state index is -1.03. The smallest absolute Gasteiger partial charge is 0.398 e. The van der Waals surface area contributed by atoms with E-state index in [0.29, 0.717) is 21.2 Å². The molecular weight excluding hydrogens is 313 g/mol. The molecule has 0 saturated carbocycles. The molecule has 0 unspecified atom stereocenters. The predicted molar refractivity (Wildman–Crippen MR) is 86.2 cm³/mol. The van der Waals surface area contributed by atoms with Crippen LogP contribution in [-0.2, 0) is 9.31 Å². The zero-order valence-corrected chi connectivity index (χ0v) is 14.3. The maximum absolute atomic E-state index is 14.7. The van der Waals surface area contributed by atoms with Crippen LogP contribution in [0.3, 0.4) is 0 Å². The molecule has 0 aromatic heterocycles. The second-order valence-electron chi connectivity index (χ2n) is 6.19. The van der Waals surface area contributed by atoms with E-state index in [1.165, 1.54) is 0 Å². The number of allylic oxidation sites excluding steroid dienone is 1. The molecule has 2 nitrogen and oxygen atoms in total. The SMILES string of the molecule is CC(=C(F)B1OC(C)(C)C(C)(C)O1)c1ccc(Cl)cc1Cl. The molecule has 0 bridgehead atoms. The van der Waals surface area contributed by atoms with Crippen molar-refractivity contribution in [2.45, 2.75) is 45.8 Å². The van der Waals surface area contributed by atoms with Gasteiger partial charge < -0.3 is 9.31 Å². The molecule has 0 spiro atoms. The molecule has 0 atom stereocenters. The normalized spacial score (nSPS) is 21.4. The minimum absolute atomic E-state index is 0.384. The standard InChI is InChI=1S/C15H18BCl2FO2/c1-9(11-7-6-10(17)8-12(11)18)13(19)16-20-14(2,3)15(4,5)21-16/h6-8H,1-5H3. The molecule has 0 N–H and O–H groups in total. The molecule has 0 amide bonds. The quantitative estimate of drug-likeness (QED) is 0.683. The highest BCUT2D eigenvalue weighted by atomic mass is 35.5. The Kier molecular flexibility index (Phi) is 4.47. The third-order valence-corrected chi connectivity index (χ3v) is 4.70. The molecule has 1 aliphatic heterocycles. The van der Waals surface area contributed by atoms with E-state index < -0.39 is 24.0 Å². The average molecular weight is 331 g/mol. The van der Waals surface area contributed by atoms with Gasteiger partial charge in [-0.3, -0.25) is 0 Å². The van der Waals surface area contributed by atoms with E-state index in [4.69, 9.17) is 32.5 Å². The average Bonchev–Trinajstić information content (AvgIpc) is 2.57. The fourth-order valence-electron chi connectivity index (χ4n) is 2.05. The Bertz CT molecular complexity index is 583. The van der Waals surface area contributed by atoms with Gasteiger partial charge in [-0.05, 0) is 57.9 Å². The largest absolute Gasteiger partial charge is 0.525 e. The summed E-state index contributed by atoms with van der Waals surface area (Å²) in [6, 6.07) is 4.94. The van der Waals surface area contributed by atoms with Gasteiger partial charge in [-0.25, -0.2) is 4.39 Å². The molecule has 1 aromatic carbocycles. The van der Waals surface area contributed by atoms with Crippen molar-refractivity contribution in [3.05, 3.63) is 39.5 Å². The number of rotatable bonds is 2.